The van der Waals surface area contributed by atoms with Crippen molar-refractivity contribution in [3.8, 4) is 0 Å². The van der Waals surface area contributed by atoms with Gasteiger partial charge < -0.3 is 5.11 Å². The lowest BCUT2D eigenvalue weighted by atomic mass is 9.92. The summed E-state index contributed by atoms with van der Waals surface area (Å²) in [4.78, 5) is 13.8. The fourth-order valence-corrected chi connectivity index (χ4v) is 3.84. The number of carbonyl (C=O) groups is 1. The fourth-order valence-electron chi connectivity index (χ4n) is 3.43. The highest BCUT2D eigenvalue weighted by molar-refractivity contribution is 9.10. The number of piperidine rings is 1. The van der Waals surface area contributed by atoms with Gasteiger partial charge in [0.05, 0.1) is 6.04 Å². The molecule has 2 aromatic rings. The molecule has 0 radical (unpaired) electrons. The summed E-state index contributed by atoms with van der Waals surface area (Å²) in [6.45, 7) is 0.714. The lowest BCUT2D eigenvalue weighted by Gasteiger charge is -2.39. The van der Waals surface area contributed by atoms with Gasteiger partial charge in [-0.15, -0.1) is 0 Å². The van der Waals surface area contributed by atoms with Gasteiger partial charge in [0.1, 0.15) is 11.9 Å². The molecule has 1 N–H and O–H groups in total. The molecule has 5 heteroatoms. The monoisotopic (exact) mass is 391 g/mol. The van der Waals surface area contributed by atoms with Gasteiger partial charge in [-0.1, -0.05) is 46.6 Å². The lowest BCUT2D eigenvalue weighted by Crippen LogP contribution is -2.46. The van der Waals surface area contributed by atoms with Gasteiger partial charge in [0.25, 0.3) is 0 Å². The van der Waals surface area contributed by atoms with Crippen molar-refractivity contribution < 1.29 is 14.3 Å². The summed E-state index contributed by atoms with van der Waals surface area (Å²) < 4.78 is 14.3. The molecule has 0 bridgehead atoms. The molecule has 24 heavy (non-hydrogen) atoms. The van der Waals surface area contributed by atoms with E-state index in [2.05, 4.69) is 15.9 Å². The molecular formula is C19H19BrFNO2. The maximum absolute atomic E-state index is 13.3. The number of rotatable bonds is 4. The standard InChI is InChI=1S/C19H19BrFNO2/c20-15-5-3-4-14(12-15)18(13-7-9-16(21)10-8-13)22-11-2-1-6-17(22)19(23)24/h3-5,7-10,12,17-18H,1-2,6,11H2,(H,23,24). The molecule has 3 nitrogen and oxygen atoms in total. The minimum atomic E-state index is -0.795. The Morgan fingerprint density at radius 1 is 1.17 bits per heavy atom. The molecule has 0 aromatic heterocycles. The van der Waals surface area contributed by atoms with E-state index < -0.39 is 12.0 Å². The summed E-state index contributed by atoms with van der Waals surface area (Å²) in [5, 5.41) is 9.64. The van der Waals surface area contributed by atoms with Crippen LogP contribution in [-0.2, 0) is 4.79 Å². The van der Waals surface area contributed by atoms with Crippen molar-refractivity contribution >= 4 is 21.9 Å². The van der Waals surface area contributed by atoms with E-state index in [-0.39, 0.29) is 11.9 Å². The molecule has 0 spiro atoms. The van der Waals surface area contributed by atoms with Crippen molar-refractivity contribution in [2.24, 2.45) is 0 Å². The Kier molecular flexibility index (Phi) is 5.31. The molecule has 126 valence electrons. The molecule has 0 aliphatic carbocycles. The number of carboxylic acids is 1. The second-order valence-electron chi connectivity index (χ2n) is 6.10. The average molecular weight is 392 g/mol. The van der Waals surface area contributed by atoms with Crippen molar-refractivity contribution in [1.29, 1.82) is 0 Å². The zero-order chi connectivity index (χ0) is 17.1. The maximum Gasteiger partial charge on any atom is 0.320 e. The summed E-state index contributed by atoms with van der Waals surface area (Å²) in [6.07, 6.45) is 2.53. The molecule has 1 aliphatic heterocycles. The highest BCUT2D eigenvalue weighted by Crippen LogP contribution is 2.35. The van der Waals surface area contributed by atoms with Crippen molar-refractivity contribution in [2.45, 2.75) is 31.3 Å². The van der Waals surface area contributed by atoms with Crippen LogP contribution in [0, 0.1) is 5.82 Å². The first-order valence-corrected chi connectivity index (χ1v) is 8.85. The Hall–Kier alpha value is -1.72. The van der Waals surface area contributed by atoms with Crippen LogP contribution in [0.3, 0.4) is 0 Å². The van der Waals surface area contributed by atoms with E-state index in [4.69, 9.17) is 0 Å². The van der Waals surface area contributed by atoms with Crippen LogP contribution in [0.5, 0.6) is 0 Å². The van der Waals surface area contributed by atoms with Crippen LogP contribution in [0.1, 0.15) is 36.4 Å². The van der Waals surface area contributed by atoms with Crippen LogP contribution < -0.4 is 0 Å². The molecule has 1 fully saturated rings. The third kappa shape index (κ3) is 3.68. The summed E-state index contributed by atoms with van der Waals surface area (Å²) in [5.74, 6) is -1.09. The minimum absolute atomic E-state index is 0.204. The van der Waals surface area contributed by atoms with Crippen molar-refractivity contribution in [1.82, 2.24) is 4.90 Å². The number of aliphatic carboxylic acids is 1. The number of carboxylic acid groups (broad SMARTS) is 1. The van der Waals surface area contributed by atoms with Gasteiger partial charge in [-0.05, 0) is 54.8 Å². The van der Waals surface area contributed by atoms with E-state index in [0.29, 0.717) is 13.0 Å². The maximum atomic E-state index is 13.3. The predicted molar refractivity (Wildman–Crippen MR) is 94.4 cm³/mol. The fraction of sp³-hybridized carbons (Fsp3) is 0.316. The molecule has 0 saturated carbocycles. The lowest BCUT2D eigenvalue weighted by molar-refractivity contribution is -0.145. The van der Waals surface area contributed by atoms with Crippen molar-refractivity contribution in [3.63, 3.8) is 0 Å². The molecule has 2 unspecified atom stereocenters. The van der Waals surface area contributed by atoms with Gasteiger partial charge in [0, 0.05) is 4.47 Å². The highest BCUT2D eigenvalue weighted by atomic mass is 79.9. The highest BCUT2D eigenvalue weighted by Gasteiger charge is 2.35. The van der Waals surface area contributed by atoms with Gasteiger partial charge >= 0.3 is 5.97 Å². The molecule has 0 amide bonds. The first-order chi connectivity index (χ1) is 11.6. The number of nitrogens with zero attached hydrogens (tertiary/aromatic N) is 1. The van der Waals surface area contributed by atoms with Crippen molar-refractivity contribution in [2.75, 3.05) is 6.54 Å². The molecule has 2 aromatic carbocycles. The second-order valence-corrected chi connectivity index (χ2v) is 7.01. The Labute approximate surface area is 149 Å². The first-order valence-electron chi connectivity index (χ1n) is 8.06. The third-order valence-corrected chi connectivity index (χ3v) is 5.00. The smallest absolute Gasteiger partial charge is 0.320 e. The van der Waals surface area contributed by atoms with Gasteiger partial charge in [-0.25, -0.2) is 4.39 Å². The van der Waals surface area contributed by atoms with E-state index in [1.165, 1.54) is 12.1 Å². The van der Waals surface area contributed by atoms with Crippen LogP contribution in [0.2, 0.25) is 0 Å². The SMILES string of the molecule is O=C(O)C1CCCCN1C(c1ccc(F)cc1)c1cccc(Br)c1. The molecule has 1 heterocycles. The largest absolute Gasteiger partial charge is 0.480 e. The summed E-state index contributed by atoms with van der Waals surface area (Å²) in [7, 11) is 0. The van der Waals surface area contributed by atoms with Crippen molar-refractivity contribution in [3.05, 3.63) is 69.9 Å². The quantitative estimate of drug-likeness (QED) is 0.826. The average Bonchev–Trinajstić information content (AvgIpc) is 2.57. The van der Waals surface area contributed by atoms with Gasteiger partial charge in [-0.2, -0.15) is 0 Å². The summed E-state index contributed by atoms with van der Waals surface area (Å²) >= 11 is 3.49. The van der Waals surface area contributed by atoms with Gasteiger partial charge in [0.15, 0.2) is 0 Å². The van der Waals surface area contributed by atoms with E-state index in [9.17, 15) is 14.3 Å². The van der Waals surface area contributed by atoms with E-state index >= 15 is 0 Å². The second kappa shape index (κ2) is 7.45. The third-order valence-electron chi connectivity index (χ3n) is 4.51. The molecule has 1 saturated heterocycles. The van der Waals surface area contributed by atoms with E-state index in [1.54, 1.807) is 12.1 Å². The molecular weight excluding hydrogens is 373 g/mol. The number of likely N-dealkylation sites (tertiary alicyclic amines) is 1. The Morgan fingerprint density at radius 3 is 2.58 bits per heavy atom. The Morgan fingerprint density at radius 2 is 1.92 bits per heavy atom. The number of benzene rings is 2. The molecule has 3 rings (SSSR count). The van der Waals surface area contributed by atoms with Crippen LogP contribution in [0.4, 0.5) is 4.39 Å². The Balaban J connectivity index is 2.07. The van der Waals surface area contributed by atoms with Crippen LogP contribution >= 0.6 is 15.9 Å². The number of hydrogen-bond donors (Lipinski definition) is 1. The van der Waals surface area contributed by atoms with E-state index in [0.717, 1.165) is 28.4 Å². The zero-order valence-corrected chi connectivity index (χ0v) is 14.7. The van der Waals surface area contributed by atoms with Gasteiger partial charge in [-0.3, -0.25) is 9.69 Å². The Bertz CT molecular complexity index is 720. The minimum Gasteiger partial charge on any atom is -0.480 e. The summed E-state index contributed by atoms with van der Waals surface area (Å²) in [5.41, 5.74) is 1.91. The zero-order valence-electron chi connectivity index (χ0n) is 13.2. The molecule has 2 atom stereocenters. The summed E-state index contributed by atoms with van der Waals surface area (Å²) in [6, 6.07) is 13.5. The van der Waals surface area contributed by atoms with Crippen LogP contribution in [-0.4, -0.2) is 28.6 Å². The van der Waals surface area contributed by atoms with Crippen LogP contribution in [0.25, 0.3) is 0 Å². The topological polar surface area (TPSA) is 40.5 Å². The molecule has 1 aliphatic rings. The first kappa shape index (κ1) is 17.1. The predicted octanol–water partition coefficient (Wildman–Crippen LogP) is 4.62. The number of halogens is 2. The number of hydrogen-bond acceptors (Lipinski definition) is 2. The van der Waals surface area contributed by atoms with Crippen LogP contribution in [0.15, 0.2) is 53.0 Å². The van der Waals surface area contributed by atoms with Gasteiger partial charge in [0.2, 0.25) is 0 Å². The normalized spacial score (nSPS) is 19.8. The van der Waals surface area contributed by atoms with E-state index in [1.807, 2.05) is 29.2 Å².